The molecule has 0 aliphatic heterocycles. The first-order valence-corrected chi connectivity index (χ1v) is 10.6. The zero-order chi connectivity index (χ0) is 23.4. The van der Waals surface area contributed by atoms with Crippen molar-refractivity contribution in [1.82, 2.24) is 4.57 Å². The van der Waals surface area contributed by atoms with Crippen molar-refractivity contribution < 1.29 is 13.6 Å². The fourth-order valence-electron chi connectivity index (χ4n) is 3.21. The molecule has 8 heteroatoms. The van der Waals surface area contributed by atoms with E-state index in [2.05, 4.69) is 5.16 Å². The second-order valence-corrected chi connectivity index (χ2v) is 7.83. The zero-order valence-electron chi connectivity index (χ0n) is 17.0. The SMILES string of the molecule is O=c1ccc(/C(=N\OCc2ccccc2)c2ccc(F)cc2F)cn1-c1c(Cl)cccc1Cl. The summed E-state index contributed by atoms with van der Waals surface area (Å²) in [5.74, 6) is -1.56. The van der Waals surface area contributed by atoms with Crippen LogP contribution in [0.1, 0.15) is 16.7 Å². The molecule has 1 heterocycles. The summed E-state index contributed by atoms with van der Waals surface area (Å²) in [6.07, 6.45) is 1.43. The van der Waals surface area contributed by atoms with Gasteiger partial charge in [0, 0.05) is 29.5 Å². The molecule has 0 spiro atoms. The van der Waals surface area contributed by atoms with Crippen molar-refractivity contribution >= 4 is 28.9 Å². The lowest BCUT2D eigenvalue weighted by molar-refractivity contribution is 0.131. The van der Waals surface area contributed by atoms with Gasteiger partial charge in [-0.25, -0.2) is 8.78 Å². The van der Waals surface area contributed by atoms with Crippen molar-refractivity contribution in [3.05, 3.63) is 134 Å². The molecule has 33 heavy (non-hydrogen) atoms. The van der Waals surface area contributed by atoms with Crippen LogP contribution in [0, 0.1) is 11.6 Å². The number of benzene rings is 3. The molecule has 0 saturated heterocycles. The second-order valence-electron chi connectivity index (χ2n) is 7.02. The number of hydrogen-bond acceptors (Lipinski definition) is 3. The Labute approximate surface area is 198 Å². The van der Waals surface area contributed by atoms with Crippen molar-refractivity contribution in [2.24, 2.45) is 5.16 Å². The van der Waals surface area contributed by atoms with Gasteiger partial charge < -0.3 is 4.84 Å². The predicted molar refractivity (Wildman–Crippen MR) is 125 cm³/mol. The average Bonchev–Trinajstić information content (AvgIpc) is 2.79. The van der Waals surface area contributed by atoms with Gasteiger partial charge in [0.2, 0.25) is 0 Å². The zero-order valence-corrected chi connectivity index (χ0v) is 18.5. The Kier molecular flexibility index (Phi) is 6.87. The summed E-state index contributed by atoms with van der Waals surface area (Å²) in [5, 5.41) is 4.65. The number of nitrogens with zero attached hydrogens (tertiary/aromatic N) is 2. The molecule has 0 aliphatic rings. The van der Waals surface area contributed by atoms with Crippen LogP contribution in [-0.4, -0.2) is 10.3 Å². The third kappa shape index (κ3) is 5.13. The Balaban J connectivity index is 1.82. The van der Waals surface area contributed by atoms with Crippen molar-refractivity contribution in [1.29, 1.82) is 0 Å². The predicted octanol–water partition coefficient (Wildman–Crippen LogP) is 6.39. The molecule has 1 aromatic heterocycles. The van der Waals surface area contributed by atoms with E-state index in [1.807, 2.05) is 30.3 Å². The Hall–Kier alpha value is -3.48. The van der Waals surface area contributed by atoms with Crippen molar-refractivity contribution in [2.75, 3.05) is 0 Å². The maximum Gasteiger partial charge on any atom is 0.255 e. The Morgan fingerprint density at radius 3 is 2.33 bits per heavy atom. The van der Waals surface area contributed by atoms with E-state index in [1.54, 1.807) is 18.2 Å². The van der Waals surface area contributed by atoms with Crippen molar-refractivity contribution in [3.8, 4) is 5.69 Å². The highest BCUT2D eigenvalue weighted by atomic mass is 35.5. The summed E-state index contributed by atoms with van der Waals surface area (Å²) in [6, 6.07) is 20.0. The molecule has 0 amide bonds. The molecule has 0 radical (unpaired) electrons. The lowest BCUT2D eigenvalue weighted by Crippen LogP contribution is -2.20. The molecule has 0 bridgehead atoms. The monoisotopic (exact) mass is 484 g/mol. The van der Waals surface area contributed by atoms with Crippen LogP contribution in [0.15, 0.2) is 95.0 Å². The number of hydrogen-bond donors (Lipinski definition) is 0. The van der Waals surface area contributed by atoms with Crippen molar-refractivity contribution in [3.63, 3.8) is 0 Å². The standard InChI is InChI=1S/C25H16Cl2F2N2O2/c26-20-7-4-8-21(27)25(20)31-14-17(9-12-23(31)32)24(19-11-10-18(28)13-22(19)29)30-33-15-16-5-2-1-3-6-16/h1-14H,15H2/b30-24+. The Bertz CT molecular complexity index is 1370. The van der Waals surface area contributed by atoms with Crippen LogP contribution >= 0.6 is 23.2 Å². The van der Waals surface area contributed by atoms with E-state index in [-0.39, 0.29) is 33.6 Å². The van der Waals surface area contributed by atoms with Crippen LogP contribution in [0.4, 0.5) is 8.78 Å². The molecular weight excluding hydrogens is 469 g/mol. The molecular formula is C25H16Cl2F2N2O2. The Morgan fingerprint density at radius 1 is 0.909 bits per heavy atom. The first kappa shape index (κ1) is 22.7. The molecule has 3 aromatic carbocycles. The summed E-state index contributed by atoms with van der Waals surface area (Å²) < 4.78 is 29.5. The minimum absolute atomic E-state index is 0.0000776. The molecule has 0 aliphatic carbocycles. The van der Waals surface area contributed by atoms with Gasteiger partial charge in [-0.3, -0.25) is 9.36 Å². The first-order chi connectivity index (χ1) is 15.9. The largest absolute Gasteiger partial charge is 0.390 e. The van der Waals surface area contributed by atoms with Gasteiger partial charge in [0.05, 0.1) is 15.7 Å². The molecule has 4 rings (SSSR count). The molecule has 0 N–H and O–H groups in total. The van der Waals surface area contributed by atoms with Gasteiger partial charge in [-0.1, -0.05) is 64.8 Å². The summed E-state index contributed by atoms with van der Waals surface area (Å²) in [4.78, 5) is 18.1. The number of pyridine rings is 1. The topological polar surface area (TPSA) is 43.6 Å². The van der Waals surface area contributed by atoms with Crippen molar-refractivity contribution in [2.45, 2.75) is 6.61 Å². The molecule has 0 unspecified atom stereocenters. The van der Waals surface area contributed by atoms with Crippen LogP contribution < -0.4 is 5.56 Å². The summed E-state index contributed by atoms with van der Waals surface area (Å²) >= 11 is 12.6. The third-order valence-corrected chi connectivity index (χ3v) is 5.39. The summed E-state index contributed by atoms with van der Waals surface area (Å²) in [5.41, 5.74) is 1.13. The van der Waals surface area contributed by atoms with E-state index in [1.165, 1.54) is 29.0 Å². The van der Waals surface area contributed by atoms with Gasteiger partial charge in [0.15, 0.2) is 0 Å². The average molecular weight is 485 g/mol. The minimum Gasteiger partial charge on any atom is -0.390 e. The second kappa shape index (κ2) is 9.98. The van der Waals surface area contributed by atoms with E-state index in [9.17, 15) is 13.6 Å². The van der Waals surface area contributed by atoms with E-state index in [4.69, 9.17) is 28.0 Å². The fraction of sp³-hybridized carbons (Fsp3) is 0.0400. The highest BCUT2D eigenvalue weighted by molar-refractivity contribution is 6.37. The molecule has 4 aromatic rings. The molecule has 166 valence electrons. The maximum atomic E-state index is 14.7. The van der Waals surface area contributed by atoms with E-state index in [0.717, 1.165) is 17.7 Å². The van der Waals surface area contributed by atoms with Gasteiger partial charge in [-0.05, 0) is 35.9 Å². The fourth-order valence-corrected chi connectivity index (χ4v) is 3.79. The van der Waals surface area contributed by atoms with Crippen LogP contribution in [0.25, 0.3) is 5.69 Å². The molecule has 4 nitrogen and oxygen atoms in total. The van der Waals surface area contributed by atoms with E-state index >= 15 is 0 Å². The molecule has 0 saturated carbocycles. The number of halogens is 4. The number of rotatable bonds is 6. The lowest BCUT2D eigenvalue weighted by atomic mass is 10.0. The van der Waals surface area contributed by atoms with E-state index in [0.29, 0.717) is 5.56 Å². The normalized spacial score (nSPS) is 11.5. The lowest BCUT2D eigenvalue weighted by Gasteiger charge is -2.13. The summed E-state index contributed by atoms with van der Waals surface area (Å²) in [7, 11) is 0. The smallest absolute Gasteiger partial charge is 0.255 e. The van der Waals surface area contributed by atoms with Crippen LogP contribution in [0.2, 0.25) is 10.0 Å². The number of aromatic nitrogens is 1. The van der Waals surface area contributed by atoms with Crippen LogP contribution in [0.5, 0.6) is 0 Å². The van der Waals surface area contributed by atoms with Crippen LogP contribution in [0.3, 0.4) is 0 Å². The summed E-state index contributed by atoms with van der Waals surface area (Å²) in [6.45, 7) is 0.128. The Morgan fingerprint density at radius 2 is 1.64 bits per heavy atom. The molecule has 0 atom stereocenters. The van der Waals surface area contributed by atoms with Gasteiger partial charge in [0.1, 0.15) is 24.0 Å². The highest BCUT2D eigenvalue weighted by Crippen LogP contribution is 2.28. The highest BCUT2D eigenvalue weighted by Gasteiger charge is 2.17. The van der Waals surface area contributed by atoms with E-state index < -0.39 is 17.2 Å². The number of oxime groups is 1. The minimum atomic E-state index is -0.828. The number of para-hydroxylation sites is 1. The maximum absolute atomic E-state index is 14.7. The van der Waals surface area contributed by atoms with Crippen LogP contribution in [-0.2, 0) is 11.4 Å². The van der Waals surface area contributed by atoms with Gasteiger partial charge in [0.25, 0.3) is 5.56 Å². The quantitative estimate of drug-likeness (QED) is 0.235. The van der Waals surface area contributed by atoms with Gasteiger partial charge >= 0.3 is 0 Å². The van der Waals surface area contributed by atoms with Gasteiger partial charge in [-0.15, -0.1) is 0 Å². The first-order valence-electron chi connectivity index (χ1n) is 9.81. The van der Waals surface area contributed by atoms with Gasteiger partial charge in [-0.2, -0.15) is 0 Å². The molecule has 0 fully saturated rings. The third-order valence-electron chi connectivity index (χ3n) is 4.78.